The van der Waals surface area contributed by atoms with Gasteiger partial charge in [0.25, 0.3) is 0 Å². The second kappa shape index (κ2) is 6.19. The zero-order valence-corrected chi connectivity index (χ0v) is 13.1. The van der Waals surface area contributed by atoms with Crippen LogP contribution in [0, 0.1) is 6.92 Å². The van der Waals surface area contributed by atoms with E-state index in [4.69, 9.17) is 0 Å². The van der Waals surface area contributed by atoms with Crippen molar-refractivity contribution in [1.29, 1.82) is 0 Å². The van der Waals surface area contributed by atoms with E-state index in [1.54, 1.807) is 6.20 Å². The summed E-state index contributed by atoms with van der Waals surface area (Å²) in [5.41, 5.74) is 2.81. The van der Waals surface area contributed by atoms with Crippen molar-refractivity contribution in [3.8, 4) is 0 Å². The van der Waals surface area contributed by atoms with Crippen molar-refractivity contribution in [2.45, 2.75) is 24.3 Å². The number of aromatic amines is 1. The zero-order chi connectivity index (χ0) is 15.5. The van der Waals surface area contributed by atoms with Gasteiger partial charge in [-0.3, -0.25) is 4.79 Å². The fourth-order valence-corrected chi connectivity index (χ4v) is 2.86. The first-order valence-electron chi connectivity index (χ1n) is 6.97. The van der Waals surface area contributed by atoms with Crippen LogP contribution in [0.1, 0.15) is 12.5 Å². The Kier molecular flexibility index (Phi) is 4.11. The van der Waals surface area contributed by atoms with Crippen molar-refractivity contribution in [2.24, 2.45) is 0 Å². The van der Waals surface area contributed by atoms with Crippen LogP contribution in [-0.2, 0) is 4.79 Å². The number of pyridine rings is 1. The summed E-state index contributed by atoms with van der Waals surface area (Å²) in [6.45, 7) is 3.77. The van der Waals surface area contributed by atoms with Gasteiger partial charge in [0.05, 0.1) is 16.3 Å². The fraction of sp³-hybridized carbons (Fsp3) is 0.188. The molecule has 0 fully saturated rings. The van der Waals surface area contributed by atoms with Crippen LogP contribution in [0.5, 0.6) is 0 Å². The summed E-state index contributed by atoms with van der Waals surface area (Å²) in [7, 11) is 0. The average Bonchev–Trinajstić information content (AvgIpc) is 2.91. The standard InChI is InChI=1S/C16H16N4OS/c1-10-6-5-9-17-14(10)20-15(21)11(2)22-16-18-12-7-3-4-8-13(12)19-16/h3-9,11H,1-2H3,(H,18,19)(H,17,20,21). The molecule has 0 aliphatic heterocycles. The van der Waals surface area contributed by atoms with E-state index in [0.717, 1.165) is 21.8 Å². The number of nitrogens with zero attached hydrogens (tertiary/aromatic N) is 2. The molecule has 6 heteroatoms. The molecular formula is C16H16N4OS. The first kappa shape index (κ1) is 14.6. The average molecular weight is 312 g/mol. The number of nitrogens with one attached hydrogen (secondary N) is 2. The van der Waals surface area contributed by atoms with E-state index in [1.807, 2.05) is 50.2 Å². The molecule has 1 unspecified atom stereocenters. The van der Waals surface area contributed by atoms with Gasteiger partial charge in [0, 0.05) is 6.20 Å². The molecule has 0 aliphatic carbocycles. The van der Waals surface area contributed by atoms with E-state index in [9.17, 15) is 4.79 Å². The molecule has 2 heterocycles. The molecule has 0 saturated carbocycles. The van der Waals surface area contributed by atoms with Crippen molar-refractivity contribution in [3.05, 3.63) is 48.2 Å². The normalized spacial score (nSPS) is 12.3. The van der Waals surface area contributed by atoms with Crippen molar-refractivity contribution >= 4 is 34.5 Å². The molecule has 3 rings (SSSR count). The predicted octanol–water partition coefficient (Wildman–Crippen LogP) is 3.39. The van der Waals surface area contributed by atoms with Gasteiger partial charge < -0.3 is 10.3 Å². The summed E-state index contributed by atoms with van der Waals surface area (Å²) >= 11 is 1.40. The molecule has 0 aliphatic rings. The second-order valence-electron chi connectivity index (χ2n) is 4.98. The maximum Gasteiger partial charge on any atom is 0.238 e. The van der Waals surface area contributed by atoms with Crippen LogP contribution in [0.4, 0.5) is 5.82 Å². The minimum Gasteiger partial charge on any atom is -0.333 e. The fourth-order valence-electron chi connectivity index (χ4n) is 2.04. The van der Waals surface area contributed by atoms with Crippen molar-refractivity contribution in [1.82, 2.24) is 15.0 Å². The number of hydrogen-bond acceptors (Lipinski definition) is 4. The molecule has 112 valence electrons. The highest BCUT2D eigenvalue weighted by atomic mass is 32.2. The lowest BCUT2D eigenvalue weighted by Crippen LogP contribution is -2.23. The molecule has 2 aromatic heterocycles. The van der Waals surface area contributed by atoms with Gasteiger partial charge in [-0.1, -0.05) is 30.0 Å². The second-order valence-corrected chi connectivity index (χ2v) is 6.31. The van der Waals surface area contributed by atoms with Gasteiger partial charge in [-0.2, -0.15) is 0 Å². The summed E-state index contributed by atoms with van der Waals surface area (Å²) in [5, 5.41) is 3.31. The van der Waals surface area contributed by atoms with Gasteiger partial charge in [0.15, 0.2) is 5.16 Å². The molecule has 0 spiro atoms. The zero-order valence-electron chi connectivity index (χ0n) is 12.3. The molecule has 0 radical (unpaired) electrons. The van der Waals surface area contributed by atoms with Crippen LogP contribution in [-0.4, -0.2) is 26.1 Å². The quantitative estimate of drug-likeness (QED) is 0.725. The first-order valence-corrected chi connectivity index (χ1v) is 7.85. The largest absolute Gasteiger partial charge is 0.333 e. The van der Waals surface area contributed by atoms with Gasteiger partial charge >= 0.3 is 0 Å². The Morgan fingerprint density at radius 2 is 2.09 bits per heavy atom. The van der Waals surface area contributed by atoms with Gasteiger partial charge in [0.2, 0.25) is 5.91 Å². The molecule has 2 N–H and O–H groups in total. The number of carbonyl (C=O) groups excluding carboxylic acids is 1. The van der Waals surface area contributed by atoms with Crippen LogP contribution in [0.25, 0.3) is 11.0 Å². The number of anilines is 1. The molecule has 3 aromatic rings. The topological polar surface area (TPSA) is 70.7 Å². The molecule has 1 atom stereocenters. The van der Waals surface area contributed by atoms with Gasteiger partial charge in [-0.05, 0) is 37.6 Å². The van der Waals surface area contributed by atoms with Gasteiger partial charge in [-0.25, -0.2) is 9.97 Å². The number of H-pyrrole nitrogens is 1. The molecule has 1 amide bonds. The molecule has 5 nitrogen and oxygen atoms in total. The Labute approximate surface area is 132 Å². The number of hydrogen-bond donors (Lipinski definition) is 2. The third kappa shape index (κ3) is 3.12. The number of benzene rings is 1. The number of carbonyl (C=O) groups is 1. The summed E-state index contributed by atoms with van der Waals surface area (Å²) in [5.74, 6) is 0.511. The van der Waals surface area contributed by atoms with Crippen molar-refractivity contribution < 1.29 is 4.79 Å². The first-order chi connectivity index (χ1) is 10.6. The highest BCUT2D eigenvalue weighted by Gasteiger charge is 2.17. The summed E-state index contributed by atoms with van der Waals surface area (Å²) in [6.07, 6.45) is 1.67. The lowest BCUT2D eigenvalue weighted by atomic mass is 10.3. The predicted molar refractivity (Wildman–Crippen MR) is 89.0 cm³/mol. The van der Waals surface area contributed by atoms with E-state index < -0.39 is 0 Å². The Balaban J connectivity index is 1.69. The van der Waals surface area contributed by atoms with Crippen LogP contribution >= 0.6 is 11.8 Å². The summed E-state index contributed by atoms with van der Waals surface area (Å²) in [6, 6.07) is 11.6. The molecule has 0 bridgehead atoms. The maximum absolute atomic E-state index is 12.3. The Hall–Kier alpha value is -2.34. The molecular weight excluding hydrogens is 296 g/mol. The number of amides is 1. The van der Waals surface area contributed by atoms with E-state index in [1.165, 1.54) is 11.8 Å². The Bertz CT molecular complexity index is 782. The number of aromatic nitrogens is 3. The number of fused-ring (bicyclic) bond motifs is 1. The van der Waals surface area contributed by atoms with Gasteiger partial charge in [0.1, 0.15) is 5.82 Å². The minimum atomic E-state index is -0.276. The molecule has 1 aromatic carbocycles. The van der Waals surface area contributed by atoms with Crippen molar-refractivity contribution in [2.75, 3.05) is 5.32 Å². The van der Waals surface area contributed by atoms with E-state index in [0.29, 0.717) is 5.82 Å². The number of aryl methyl sites for hydroxylation is 1. The smallest absolute Gasteiger partial charge is 0.238 e. The lowest BCUT2D eigenvalue weighted by Gasteiger charge is -2.11. The Morgan fingerprint density at radius 1 is 1.27 bits per heavy atom. The maximum atomic E-state index is 12.3. The van der Waals surface area contributed by atoms with Crippen LogP contribution in [0.3, 0.4) is 0 Å². The van der Waals surface area contributed by atoms with E-state index in [-0.39, 0.29) is 11.2 Å². The highest BCUT2D eigenvalue weighted by molar-refractivity contribution is 8.00. The number of imidazole rings is 1. The molecule has 22 heavy (non-hydrogen) atoms. The number of rotatable bonds is 4. The van der Waals surface area contributed by atoms with Gasteiger partial charge in [-0.15, -0.1) is 0 Å². The number of para-hydroxylation sites is 2. The van der Waals surface area contributed by atoms with Crippen LogP contribution < -0.4 is 5.32 Å². The Morgan fingerprint density at radius 3 is 2.86 bits per heavy atom. The monoisotopic (exact) mass is 312 g/mol. The third-order valence-corrected chi connectivity index (χ3v) is 4.26. The van der Waals surface area contributed by atoms with E-state index >= 15 is 0 Å². The molecule has 0 saturated heterocycles. The SMILES string of the molecule is Cc1cccnc1NC(=O)C(C)Sc1nc2ccccc2[nH]1. The van der Waals surface area contributed by atoms with Crippen LogP contribution in [0.2, 0.25) is 0 Å². The van der Waals surface area contributed by atoms with Crippen LogP contribution in [0.15, 0.2) is 47.8 Å². The summed E-state index contributed by atoms with van der Waals surface area (Å²) < 4.78 is 0. The number of thioether (sulfide) groups is 1. The van der Waals surface area contributed by atoms with E-state index in [2.05, 4.69) is 20.3 Å². The summed E-state index contributed by atoms with van der Waals surface area (Å²) in [4.78, 5) is 24.1. The third-order valence-electron chi connectivity index (χ3n) is 3.28. The lowest BCUT2D eigenvalue weighted by molar-refractivity contribution is -0.115. The highest BCUT2D eigenvalue weighted by Crippen LogP contribution is 2.24. The minimum absolute atomic E-state index is 0.0905. The van der Waals surface area contributed by atoms with Crippen molar-refractivity contribution in [3.63, 3.8) is 0 Å².